The molecule has 0 aliphatic heterocycles. The number of carbonyl (C=O) groups is 1. The normalized spacial score (nSPS) is 10.5. The van der Waals surface area contributed by atoms with E-state index in [0.29, 0.717) is 17.3 Å². The zero-order valence-electron chi connectivity index (χ0n) is 8.17. The Bertz CT molecular complexity index is 506. The Hall–Kier alpha value is -1.55. The van der Waals surface area contributed by atoms with E-state index in [-0.39, 0.29) is 5.91 Å². The van der Waals surface area contributed by atoms with Gasteiger partial charge in [0.1, 0.15) is 0 Å². The van der Waals surface area contributed by atoms with Crippen molar-refractivity contribution in [2.45, 2.75) is 6.92 Å². The van der Waals surface area contributed by atoms with Crippen LogP contribution >= 0.6 is 11.6 Å². The third kappa shape index (κ3) is 1.80. The number of aromatic nitrogens is 2. The fraction of sp³-hybridized carbons (Fsp3) is 0.200. The lowest BCUT2D eigenvalue weighted by atomic mass is 10.1. The van der Waals surface area contributed by atoms with Crippen LogP contribution in [0.3, 0.4) is 0 Å². The summed E-state index contributed by atoms with van der Waals surface area (Å²) < 4.78 is 0. The first-order valence-corrected chi connectivity index (χ1v) is 5.02. The minimum atomic E-state index is -0.100. The van der Waals surface area contributed by atoms with Gasteiger partial charge in [-0.05, 0) is 25.1 Å². The molecule has 1 heterocycles. The van der Waals surface area contributed by atoms with Crippen molar-refractivity contribution in [1.82, 2.24) is 15.5 Å². The van der Waals surface area contributed by atoms with E-state index >= 15 is 0 Å². The summed E-state index contributed by atoms with van der Waals surface area (Å²) >= 11 is 5.85. The summed E-state index contributed by atoms with van der Waals surface area (Å²) in [5, 5.41) is 10.5. The minimum Gasteiger partial charge on any atom is -0.352 e. The Morgan fingerprint density at radius 1 is 1.60 bits per heavy atom. The Balaban J connectivity index is 2.45. The van der Waals surface area contributed by atoms with Gasteiger partial charge in [0.2, 0.25) is 0 Å². The molecular formula is C10H10ClN3O. The van der Waals surface area contributed by atoms with Gasteiger partial charge in [-0.25, -0.2) is 0 Å². The van der Waals surface area contributed by atoms with Crippen LogP contribution in [0.2, 0.25) is 5.15 Å². The Morgan fingerprint density at radius 2 is 2.40 bits per heavy atom. The molecule has 2 rings (SSSR count). The molecule has 2 N–H and O–H groups in total. The average molecular weight is 224 g/mol. The number of nitrogens with one attached hydrogen (secondary N) is 2. The van der Waals surface area contributed by atoms with Gasteiger partial charge in [0.15, 0.2) is 5.15 Å². The van der Waals surface area contributed by atoms with Crippen LogP contribution in [0, 0.1) is 0 Å². The summed E-state index contributed by atoms with van der Waals surface area (Å²) in [7, 11) is 0. The van der Waals surface area contributed by atoms with E-state index in [1.807, 2.05) is 6.92 Å². The number of fused-ring (bicyclic) bond motifs is 1. The molecule has 0 unspecified atom stereocenters. The molecule has 0 saturated carbocycles. The number of hydrogen-bond donors (Lipinski definition) is 2. The van der Waals surface area contributed by atoms with Gasteiger partial charge in [0.25, 0.3) is 5.91 Å². The molecule has 4 nitrogen and oxygen atoms in total. The zero-order chi connectivity index (χ0) is 10.8. The number of hydrogen-bond acceptors (Lipinski definition) is 2. The van der Waals surface area contributed by atoms with E-state index in [9.17, 15) is 4.79 Å². The molecule has 1 amide bonds. The smallest absolute Gasteiger partial charge is 0.251 e. The van der Waals surface area contributed by atoms with Gasteiger partial charge in [0.05, 0.1) is 5.52 Å². The highest BCUT2D eigenvalue weighted by molar-refractivity contribution is 6.34. The summed E-state index contributed by atoms with van der Waals surface area (Å²) in [4.78, 5) is 11.5. The molecule has 0 spiro atoms. The lowest BCUT2D eigenvalue weighted by Crippen LogP contribution is -2.22. The van der Waals surface area contributed by atoms with E-state index in [0.717, 1.165) is 10.9 Å². The quantitative estimate of drug-likeness (QED) is 0.818. The molecule has 78 valence electrons. The van der Waals surface area contributed by atoms with Crippen molar-refractivity contribution in [1.29, 1.82) is 0 Å². The number of benzene rings is 1. The van der Waals surface area contributed by atoms with Crippen LogP contribution in [0.4, 0.5) is 0 Å². The highest BCUT2D eigenvalue weighted by Crippen LogP contribution is 2.21. The van der Waals surface area contributed by atoms with Crippen molar-refractivity contribution in [3.8, 4) is 0 Å². The number of rotatable bonds is 2. The Labute approximate surface area is 91.6 Å². The molecule has 1 aromatic heterocycles. The van der Waals surface area contributed by atoms with E-state index in [2.05, 4.69) is 15.5 Å². The second kappa shape index (κ2) is 3.90. The summed E-state index contributed by atoms with van der Waals surface area (Å²) in [6.07, 6.45) is 0. The van der Waals surface area contributed by atoms with E-state index in [1.54, 1.807) is 18.2 Å². The van der Waals surface area contributed by atoms with Crippen molar-refractivity contribution in [2.24, 2.45) is 0 Å². The second-order valence-corrected chi connectivity index (χ2v) is 3.49. The molecule has 1 aromatic carbocycles. The monoisotopic (exact) mass is 223 g/mol. The SMILES string of the molecule is CCNC(=O)c1ccc2[nH]nc(Cl)c2c1. The van der Waals surface area contributed by atoms with Crippen molar-refractivity contribution in [3.63, 3.8) is 0 Å². The fourth-order valence-corrected chi connectivity index (χ4v) is 1.58. The third-order valence-corrected chi connectivity index (χ3v) is 2.40. The molecule has 0 aliphatic carbocycles. The first-order valence-electron chi connectivity index (χ1n) is 4.64. The number of halogens is 1. The highest BCUT2D eigenvalue weighted by atomic mass is 35.5. The predicted molar refractivity (Wildman–Crippen MR) is 59.1 cm³/mol. The average Bonchev–Trinajstić information content (AvgIpc) is 2.60. The molecule has 5 heteroatoms. The van der Waals surface area contributed by atoms with Gasteiger partial charge in [-0.3, -0.25) is 9.89 Å². The van der Waals surface area contributed by atoms with Gasteiger partial charge in [-0.2, -0.15) is 5.10 Å². The molecule has 0 bridgehead atoms. The molecule has 0 aliphatic rings. The van der Waals surface area contributed by atoms with Gasteiger partial charge >= 0.3 is 0 Å². The van der Waals surface area contributed by atoms with Crippen LogP contribution < -0.4 is 5.32 Å². The summed E-state index contributed by atoms with van der Waals surface area (Å²) in [6, 6.07) is 5.26. The maximum atomic E-state index is 11.5. The van der Waals surface area contributed by atoms with Gasteiger partial charge < -0.3 is 5.32 Å². The first kappa shape index (κ1) is 9.98. The van der Waals surface area contributed by atoms with Crippen LogP contribution in [0.25, 0.3) is 10.9 Å². The number of carbonyl (C=O) groups excluding carboxylic acids is 1. The van der Waals surface area contributed by atoms with E-state index in [1.165, 1.54) is 0 Å². The second-order valence-electron chi connectivity index (χ2n) is 3.13. The van der Waals surface area contributed by atoms with Crippen LogP contribution in [0.1, 0.15) is 17.3 Å². The largest absolute Gasteiger partial charge is 0.352 e. The highest BCUT2D eigenvalue weighted by Gasteiger charge is 2.08. The van der Waals surface area contributed by atoms with Gasteiger partial charge in [0, 0.05) is 17.5 Å². The number of nitrogens with zero attached hydrogens (tertiary/aromatic N) is 1. The van der Waals surface area contributed by atoms with E-state index in [4.69, 9.17) is 11.6 Å². The van der Waals surface area contributed by atoms with Crippen LogP contribution in [-0.4, -0.2) is 22.6 Å². The maximum absolute atomic E-state index is 11.5. The van der Waals surface area contributed by atoms with Crippen molar-refractivity contribution >= 4 is 28.4 Å². The first-order chi connectivity index (χ1) is 7.22. The summed E-state index contributed by atoms with van der Waals surface area (Å²) in [5.41, 5.74) is 1.42. The van der Waals surface area contributed by atoms with E-state index < -0.39 is 0 Å². The molecular weight excluding hydrogens is 214 g/mol. The zero-order valence-corrected chi connectivity index (χ0v) is 8.93. The molecule has 15 heavy (non-hydrogen) atoms. The lowest BCUT2D eigenvalue weighted by molar-refractivity contribution is 0.0956. The number of aromatic amines is 1. The molecule has 2 aromatic rings. The topological polar surface area (TPSA) is 57.8 Å². The van der Waals surface area contributed by atoms with Gasteiger partial charge in [-0.15, -0.1) is 0 Å². The minimum absolute atomic E-state index is 0.100. The predicted octanol–water partition coefficient (Wildman–Crippen LogP) is 1.97. The van der Waals surface area contributed by atoms with Crippen molar-refractivity contribution < 1.29 is 4.79 Å². The summed E-state index contributed by atoms with van der Waals surface area (Å²) in [5.74, 6) is -0.100. The third-order valence-electron chi connectivity index (χ3n) is 2.12. The molecule has 0 fully saturated rings. The summed E-state index contributed by atoms with van der Waals surface area (Å²) in [6.45, 7) is 2.48. The maximum Gasteiger partial charge on any atom is 0.251 e. The fourth-order valence-electron chi connectivity index (χ4n) is 1.39. The van der Waals surface area contributed by atoms with Gasteiger partial charge in [-0.1, -0.05) is 11.6 Å². The van der Waals surface area contributed by atoms with Crippen LogP contribution in [0.5, 0.6) is 0 Å². The van der Waals surface area contributed by atoms with Crippen molar-refractivity contribution in [2.75, 3.05) is 6.54 Å². The standard InChI is InChI=1S/C10H10ClN3O/c1-2-12-10(15)6-3-4-8-7(5-6)9(11)14-13-8/h3-5H,2H2,1H3,(H,12,15)(H,13,14). The Kier molecular flexibility index (Phi) is 2.60. The van der Waals surface area contributed by atoms with Crippen LogP contribution in [0.15, 0.2) is 18.2 Å². The molecule has 0 radical (unpaired) electrons. The molecule has 0 atom stereocenters. The van der Waals surface area contributed by atoms with Crippen LogP contribution in [-0.2, 0) is 0 Å². The lowest BCUT2D eigenvalue weighted by Gasteiger charge is -2.01. The Morgan fingerprint density at radius 3 is 3.13 bits per heavy atom. The van der Waals surface area contributed by atoms with Crippen molar-refractivity contribution in [3.05, 3.63) is 28.9 Å². The molecule has 0 saturated heterocycles. The number of amides is 1. The number of H-pyrrole nitrogens is 1.